The molecular formula is C15H16N2O4. The number of amides is 1. The normalized spacial score (nSPS) is 15.3. The molecule has 1 amide bonds. The quantitative estimate of drug-likeness (QED) is 0.487. The molecule has 0 N–H and O–H groups in total. The number of rotatable bonds is 3. The van der Waals surface area contributed by atoms with Crippen LogP contribution in [0.25, 0.3) is 0 Å². The molecule has 0 saturated carbocycles. The molecule has 110 valence electrons. The van der Waals surface area contributed by atoms with Gasteiger partial charge in [0.25, 0.3) is 5.69 Å². The number of benzene rings is 1. The van der Waals surface area contributed by atoms with Gasteiger partial charge in [-0.3, -0.25) is 10.1 Å². The van der Waals surface area contributed by atoms with E-state index in [0.29, 0.717) is 19.0 Å². The highest BCUT2D eigenvalue weighted by Crippen LogP contribution is 2.23. The van der Waals surface area contributed by atoms with Crippen molar-refractivity contribution in [1.29, 1.82) is 0 Å². The van der Waals surface area contributed by atoms with Gasteiger partial charge in [0.1, 0.15) is 5.75 Å². The Morgan fingerprint density at radius 3 is 2.81 bits per heavy atom. The van der Waals surface area contributed by atoms with Crippen molar-refractivity contribution in [2.45, 2.75) is 19.3 Å². The van der Waals surface area contributed by atoms with Gasteiger partial charge >= 0.3 is 6.09 Å². The zero-order valence-corrected chi connectivity index (χ0v) is 11.5. The topological polar surface area (TPSA) is 72.7 Å². The maximum atomic E-state index is 12.0. The average molecular weight is 288 g/mol. The number of carbonyl (C=O) groups excluding carboxylic acids is 1. The molecule has 21 heavy (non-hydrogen) atoms. The van der Waals surface area contributed by atoms with Crippen LogP contribution >= 0.6 is 0 Å². The van der Waals surface area contributed by atoms with Crippen LogP contribution in [0, 0.1) is 28.4 Å². The number of carbonyl (C=O) groups is 1. The summed E-state index contributed by atoms with van der Waals surface area (Å²) in [5, 5.41) is 10.7. The average Bonchev–Trinajstić information content (AvgIpc) is 2.48. The fourth-order valence-electron chi connectivity index (χ4n) is 2.31. The first-order chi connectivity index (χ1) is 10.1. The smallest absolute Gasteiger partial charge is 0.410 e. The third-order valence-corrected chi connectivity index (χ3v) is 3.51. The zero-order valence-electron chi connectivity index (χ0n) is 11.5. The van der Waals surface area contributed by atoms with Gasteiger partial charge in [-0.05, 0) is 24.8 Å². The van der Waals surface area contributed by atoms with Crippen molar-refractivity contribution in [3.05, 3.63) is 34.4 Å². The molecule has 1 heterocycles. The van der Waals surface area contributed by atoms with Crippen LogP contribution in [0.15, 0.2) is 24.3 Å². The van der Waals surface area contributed by atoms with E-state index < -0.39 is 11.0 Å². The highest BCUT2D eigenvalue weighted by Gasteiger charge is 2.23. The van der Waals surface area contributed by atoms with E-state index in [4.69, 9.17) is 11.2 Å². The van der Waals surface area contributed by atoms with E-state index in [1.165, 1.54) is 24.3 Å². The van der Waals surface area contributed by atoms with Crippen LogP contribution in [0.5, 0.6) is 5.75 Å². The first-order valence-electron chi connectivity index (χ1n) is 6.75. The summed E-state index contributed by atoms with van der Waals surface area (Å²) in [6.45, 7) is 1.19. The minimum absolute atomic E-state index is 0.104. The second kappa shape index (κ2) is 6.75. The van der Waals surface area contributed by atoms with E-state index in [9.17, 15) is 14.9 Å². The summed E-state index contributed by atoms with van der Waals surface area (Å²) in [5.41, 5.74) is -0.104. The van der Waals surface area contributed by atoms with Crippen LogP contribution in [-0.2, 0) is 0 Å². The molecule has 1 aliphatic rings. The molecule has 0 bridgehead atoms. The molecular weight excluding hydrogens is 272 g/mol. The van der Waals surface area contributed by atoms with Gasteiger partial charge < -0.3 is 9.64 Å². The first-order valence-corrected chi connectivity index (χ1v) is 6.75. The van der Waals surface area contributed by atoms with Crippen LogP contribution in [0.1, 0.15) is 19.3 Å². The van der Waals surface area contributed by atoms with Crippen LogP contribution in [-0.4, -0.2) is 29.0 Å². The van der Waals surface area contributed by atoms with Crippen molar-refractivity contribution in [1.82, 2.24) is 4.90 Å². The molecule has 1 aliphatic heterocycles. The van der Waals surface area contributed by atoms with Crippen molar-refractivity contribution < 1.29 is 14.5 Å². The van der Waals surface area contributed by atoms with Crippen LogP contribution in [0.2, 0.25) is 0 Å². The highest BCUT2D eigenvalue weighted by molar-refractivity contribution is 5.71. The van der Waals surface area contributed by atoms with Gasteiger partial charge in [-0.15, -0.1) is 12.3 Å². The number of nitro benzene ring substituents is 1. The first kappa shape index (κ1) is 14.9. The molecule has 6 nitrogen and oxygen atoms in total. The molecule has 1 fully saturated rings. The Kier molecular flexibility index (Phi) is 4.77. The number of non-ortho nitro benzene ring substituents is 1. The number of hydrogen-bond donors (Lipinski definition) is 0. The lowest BCUT2D eigenvalue weighted by molar-refractivity contribution is -0.384. The Morgan fingerprint density at radius 1 is 1.48 bits per heavy atom. The Labute approximate surface area is 122 Å². The maximum Gasteiger partial charge on any atom is 0.415 e. The number of nitro groups is 1. The Hall–Kier alpha value is -2.55. The largest absolute Gasteiger partial charge is 0.415 e. The van der Waals surface area contributed by atoms with E-state index in [1.54, 1.807) is 4.90 Å². The SMILES string of the molecule is C#CCC1CCN(C(=O)Oc2cccc([N+](=O)[O-])c2)CC1. The summed E-state index contributed by atoms with van der Waals surface area (Å²) in [7, 11) is 0. The third kappa shape index (κ3) is 3.96. The Bertz CT molecular complexity index is 571. The van der Waals surface area contributed by atoms with Gasteiger partial charge in [-0.1, -0.05) is 6.07 Å². The van der Waals surface area contributed by atoms with Crippen molar-refractivity contribution in [3.8, 4) is 18.1 Å². The summed E-state index contributed by atoms with van der Waals surface area (Å²) in [4.78, 5) is 23.8. The predicted molar refractivity (Wildman–Crippen MR) is 76.9 cm³/mol. The number of piperidine rings is 1. The summed E-state index contributed by atoms with van der Waals surface area (Å²) in [6.07, 6.45) is 7.25. The Balaban J connectivity index is 1.92. The maximum absolute atomic E-state index is 12.0. The molecule has 0 spiro atoms. The number of terminal acetylenes is 1. The van der Waals surface area contributed by atoms with Crippen LogP contribution < -0.4 is 4.74 Å². The molecule has 0 radical (unpaired) electrons. The van der Waals surface area contributed by atoms with E-state index in [0.717, 1.165) is 19.3 Å². The second-order valence-electron chi connectivity index (χ2n) is 4.96. The molecule has 0 unspecified atom stereocenters. The minimum atomic E-state index is -0.525. The molecule has 0 aromatic heterocycles. The molecule has 1 aromatic rings. The summed E-state index contributed by atoms with van der Waals surface area (Å²) in [6, 6.07) is 5.60. The van der Waals surface area contributed by atoms with Gasteiger partial charge in [-0.2, -0.15) is 0 Å². The molecule has 6 heteroatoms. The number of nitrogens with zero attached hydrogens (tertiary/aromatic N) is 2. The minimum Gasteiger partial charge on any atom is -0.410 e. The Morgan fingerprint density at radius 2 is 2.19 bits per heavy atom. The second-order valence-corrected chi connectivity index (χ2v) is 4.96. The number of ether oxygens (including phenoxy) is 1. The summed E-state index contributed by atoms with van der Waals surface area (Å²) < 4.78 is 5.18. The van der Waals surface area contributed by atoms with E-state index in [1.807, 2.05) is 0 Å². The number of hydrogen-bond acceptors (Lipinski definition) is 4. The van der Waals surface area contributed by atoms with Gasteiger partial charge in [0, 0.05) is 25.6 Å². The van der Waals surface area contributed by atoms with Crippen molar-refractivity contribution in [2.24, 2.45) is 5.92 Å². The van der Waals surface area contributed by atoms with Gasteiger partial charge in [0.2, 0.25) is 0 Å². The fraction of sp³-hybridized carbons (Fsp3) is 0.400. The van der Waals surface area contributed by atoms with Gasteiger partial charge in [0.05, 0.1) is 11.0 Å². The van der Waals surface area contributed by atoms with Crippen LogP contribution in [0.3, 0.4) is 0 Å². The fourth-order valence-corrected chi connectivity index (χ4v) is 2.31. The van der Waals surface area contributed by atoms with E-state index >= 15 is 0 Å². The molecule has 0 aliphatic carbocycles. The van der Waals surface area contributed by atoms with Gasteiger partial charge in [-0.25, -0.2) is 4.79 Å². The summed E-state index contributed by atoms with van der Waals surface area (Å²) >= 11 is 0. The van der Waals surface area contributed by atoms with Gasteiger partial charge in [0.15, 0.2) is 0 Å². The standard InChI is InChI=1S/C15H16N2O4/c1-2-4-12-7-9-16(10-8-12)15(18)21-14-6-3-5-13(11-14)17(19)20/h1,3,5-6,11-12H,4,7-10H2. The lowest BCUT2D eigenvalue weighted by Gasteiger charge is -2.30. The number of likely N-dealkylation sites (tertiary alicyclic amines) is 1. The van der Waals surface area contributed by atoms with Crippen LogP contribution in [0.4, 0.5) is 10.5 Å². The lowest BCUT2D eigenvalue weighted by atomic mass is 9.94. The van der Waals surface area contributed by atoms with E-state index in [-0.39, 0.29) is 11.4 Å². The molecule has 0 atom stereocenters. The molecule has 1 saturated heterocycles. The van der Waals surface area contributed by atoms with Crippen molar-refractivity contribution >= 4 is 11.8 Å². The lowest BCUT2D eigenvalue weighted by Crippen LogP contribution is -2.40. The van der Waals surface area contributed by atoms with Crippen molar-refractivity contribution in [2.75, 3.05) is 13.1 Å². The van der Waals surface area contributed by atoms with Crippen molar-refractivity contribution in [3.63, 3.8) is 0 Å². The third-order valence-electron chi connectivity index (χ3n) is 3.51. The molecule has 1 aromatic carbocycles. The predicted octanol–water partition coefficient (Wildman–Crippen LogP) is 2.83. The molecule has 2 rings (SSSR count). The van der Waals surface area contributed by atoms with E-state index in [2.05, 4.69) is 5.92 Å². The highest BCUT2D eigenvalue weighted by atomic mass is 16.6. The summed E-state index contributed by atoms with van der Waals surface area (Å²) in [5.74, 6) is 3.28. The zero-order chi connectivity index (χ0) is 15.2. The monoisotopic (exact) mass is 288 g/mol.